The number of hydrogen-bond donors (Lipinski definition) is 0. The lowest BCUT2D eigenvalue weighted by molar-refractivity contribution is -0.122. The van der Waals surface area contributed by atoms with Crippen LogP contribution in [0.2, 0.25) is 5.02 Å². The van der Waals surface area contributed by atoms with Gasteiger partial charge in [-0.25, -0.2) is 4.90 Å². The quantitative estimate of drug-likeness (QED) is 0.587. The molecule has 0 aromatic heterocycles. The van der Waals surface area contributed by atoms with Crippen molar-refractivity contribution in [3.63, 3.8) is 0 Å². The maximum absolute atomic E-state index is 12.7. The zero-order valence-electron chi connectivity index (χ0n) is 11.5. The lowest BCUT2D eigenvalue weighted by atomic mass is 9.78. The molecule has 2 amide bonds. The van der Waals surface area contributed by atoms with Crippen LogP contribution in [0.3, 0.4) is 0 Å². The molecule has 20 heavy (non-hydrogen) atoms. The normalized spacial score (nSPS) is 28.9. The predicted molar refractivity (Wildman–Crippen MR) is 78.6 cm³/mol. The average molecular weight is 290 g/mol. The first-order chi connectivity index (χ1) is 9.52. The summed E-state index contributed by atoms with van der Waals surface area (Å²) in [5.74, 6) is -0.537. The Kier molecular flexibility index (Phi) is 3.17. The van der Waals surface area contributed by atoms with E-state index in [9.17, 15) is 9.59 Å². The molecule has 3 nitrogen and oxygen atoms in total. The van der Waals surface area contributed by atoms with Gasteiger partial charge in [0, 0.05) is 5.02 Å². The highest BCUT2D eigenvalue weighted by Gasteiger charge is 2.50. The summed E-state index contributed by atoms with van der Waals surface area (Å²) >= 11 is 6.11. The van der Waals surface area contributed by atoms with Crippen molar-refractivity contribution in [2.24, 2.45) is 17.8 Å². The highest BCUT2D eigenvalue weighted by molar-refractivity contribution is 6.32. The largest absolute Gasteiger partial charge is 0.274 e. The van der Waals surface area contributed by atoms with E-state index in [0.29, 0.717) is 17.1 Å². The van der Waals surface area contributed by atoms with Gasteiger partial charge >= 0.3 is 0 Å². The van der Waals surface area contributed by atoms with Gasteiger partial charge in [-0.2, -0.15) is 0 Å². The number of hydrogen-bond acceptors (Lipinski definition) is 2. The molecular weight excluding hydrogens is 274 g/mol. The third kappa shape index (κ3) is 1.80. The average Bonchev–Trinajstić information content (AvgIpc) is 2.67. The van der Waals surface area contributed by atoms with E-state index in [0.717, 1.165) is 5.56 Å². The Morgan fingerprint density at radius 2 is 2.00 bits per heavy atom. The van der Waals surface area contributed by atoms with Crippen LogP contribution in [0.1, 0.15) is 18.9 Å². The van der Waals surface area contributed by atoms with E-state index >= 15 is 0 Å². The van der Waals surface area contributed by atoms with Crippen molar-refractivity contribution in [1.82, 2.24) is 0 Å². The van der Waals surface area contributed by atoms with Gasteiger partial charge in [0.1, 0.15) is 0 Å². The van der Waals surface area contributed by atoms with Crippen molar-refractivity contribution < 1.29 is 9.59 Å². The minimum atomic E-state index is -0.231. The van der Waals surface area contributed by atoms with Gasteiger partial charge in [-0.15, -0.1) is 0 Å². The summed E-state index contributed by atoms with van der Waals surface area (Å²) in [5, 5.41) is 0.573. The van der Waals surface area contributed by atoms with E-state index in [1.54, 1.807) is 18.2 Å². The van der Waals surface area contributed by atoms with Crippen molar-refractivity contribution in [2.75, 3.05) is 4.90 Å². The van der Waals surface area contributed by atoms with Crippen LogP contribution in [0.15, 0.2) is 30.4 Å². The second-order valence-electron chi connectivity index (χ2n) is 5.55. The summed E-state index contributed by atoms with van der Waals surface area (Å²) in [6, 6.07) is 5.32. The number of fused-ring (bicyclic) bond motifs is 1. The fourth-order valence-electron chi connectivity index (χ4n) is 3.22. The monoisotopic (exact) mass is 289 g/mol. The number of benzene rings is 1. The predicted octanol–water partition coefficient (Wildman–Crippen LogP) is 3.35. The molecule has 0 bridgehead atoms. The molecule has 0 spiro atoms. The molecule has 1 aromatic carbocycles. The summed E-state index contributed by atoms with van der Waals surface area (Å²) < 4.78 is 0. The third-order valence-corrected chi connectivity index (χ3v) is 4.76. The molecule has 1 aliphatic carbocycles. The van der Waals surface area contributed by atoms with Crippen LogP contribution < -0.4 is 4.90 Å². The number of carbonyl (C=O) groups excluding carboxylic acids is 2. The van der Waals surface area contributed by atoms with E-state index in [-0.39, 0.29) is 29.6 Å². The summed E-state index contributed by atoms with van der Waals surface area (Å²) in [6.45, 7) is 3.83. The van der Waals surface area contributed by atoms with E-state index in [2.05, 4.69) is 0 Å². The zero-order chi connectivity index (χ0) is 14.4. The van der Waals surface area contributed by atoms with Crippen LogP contribution in [-0.2, 0) is 9.59 Å². The van der Waals surface area contributed by atoms with Crippen molar-refractivity contribution in [3.8, 4) is 0 Å². The standard InChI is InChI=1S/C16H16ClNO2/c1-9-5-3-6-11-14(9)16(20)18(15(11)19)13-8-4-7-12(17)10(13)2/h3-5,7-9,11,14H,6H2,1-2H3/t9-,11-,14+/m1/s1. The topological polar surface area (TPSA) is 37.4 Å². The van der Waals surface area contributed by atoms with Gasteiger partial charge in [0.2, 0.25) is 11.8 Å². The highest BCUT2D eigenvalue weighted by atomic mass is 35.5. The Balaban J connectivity index is 2.06. The fraction of sp³-hybridized carbons (Fsp3) is 0.375. The summed E-state index contributed by atoms with van der Waals surface area (Å²) in [5.41, 5.74) is 1.39. The lowest BCUT2D eigenvalue weighted by Gasteiger charge is -2.22. The fourth-order valence-corrected chi connectivity index (χ4v) is 3.39. The Labute approximate surface area is 123 Å². The number of imide groups is 1. The number of rotatable bonds is 1. The van der Waals surface area contributed by atoms with E-state index in [1.807, 2.05) is 26.0 Å². The second kappa shape index (κ2) is 4.74. The maximum Gasteiger partial charge on any atom is 0.238 e. The molecule has 2 aliphatic rings. The van der Waals surface area contributed by atoms with E-state index < -0.39 is 0 Å². The van der Waals surface area contributed by atoms with Crippen molar-refractivity contribution in [2.45, 2.75) is 20.3 Å². The van der Waals surface area contributed by atoms with Gasteiger partial charge in [0.05, 0.1) is 17.5 Å². The molecular formula is C16H16ClNO2. The van der Waals surface area contributed by atoms with Gasteiger partial charge in [-0.1, -0.05) is 36.7 Å². The SMILES string of the molecule is Cc1c(Cl)cccc1N1C(=O)[C@H]2[C@H](C)C=CC[C@H]2C1=O. The van der Waals surface area contributed by atoms with Crippen molar-refractivity contribution >= 4 is 29.1 Å². The maximum atomic E-state index is 12.7. The van der Waals surface area contributed by atoms with E-state index in [4.69, 9.17) is 11.6 Å². The molecule has 1 aliphatic heterocycles. The first kappa shape index (κ1) is 13.4. The van der Waals surface area contributed by atoms with Crippen LogP contribution >= 0.6 is 11.6 Å². The molecule has 1 fully saturated rings. The molecule has 0 saturated carbocycles. The molecule has 1 saturated heterocycles. The minimum Gasteiger partial charge on any atom is -0.274 e. The van der Waals surface area contributed by atoms with E-state index in [1.165, 1.54) is 4.90 Å². The molecule has 4 heteroatoms. The number of halogens is 1. The first-order valence-corrected chi connectivity index (χ1v) is 7.19. The molecule has 0 unspecified atom stereocenters. The molecule has 3 atom stereocenters. The summed E-state index contributed by atoms with van der Waals surface area (Å²) in [7, 11) is 0. The number of allylic oxidation sites excluding steroid dienone is 2. The molecule has 104 valence electrons. The molecule has 1 aromatic rings. The van der Waals surface area contributed by atoms with Gasteiger partial charge in [-0.3, -0.25) is 9.59 Å². The number of carbonyl (C=O) groups is 2. The number of anilines is 1. The van der Waals surface area contributed by atoms with Crippen LogP contribution in [0.25, 0.3) is 0 Å². The van der Waals surface area contributed by atoms with Crippen molar-refractivity contribution in [1.29, 1.82) is 0 Å². The number of amides is 2. The third-order valence-electron chi connectivity index (χ3n) is 4.35. The van der Waals surface area contributed by atoms with Crippen LogP contribution in [0.5, 0.6) is 0 Å². The molecule has 1 heterocycles. The lowest BCUT2D eigenvalue weighted by Crippen LogP contribution is -2.32. The van der Waals surface area contributed by atoms with Crippen molar-refractivity contribution in [3.05, 3.63) is 40.9 Å². The van der Waals surface area contributed by atoms with Gasteiger partial charge in [0.15, 0.2) is 0 Å². The summed E-state index contributed by atoms with van der Waals surface area (Å²) in [4.78, 5) is 26.6. The van der Waals surface area contributed by atoms with Gasteiger partial charge in [0.25, 0.3) is 0 Å². The van der Waals surface area contributed by atoms with Gasteiger partial charge < -0.3 is 0 Å². The minimum absolute atomic E-state index is 0.0952. The van der Waals surface area contributed by atoms with Crippen LogP contribution in [-0.4, -0.2) is 11.8 Å². The zero-order valence-corrected chi connectivity index (χ0v) is 12.2. The Bertz CT molecular complexity index is 623. The van der Waals surface area contributed by atoms with Crippen LogP contribution in [0, 0.1) is 24.7 Å². The molecule has 0 N–H and O–H groups in total. The summed E-state index contributed by atoms with van der Waals surface area (Å²) in [6.07, 6.45) is 4.68. The molecule has 0 radical (unpaired) electrons. The number of nitrogens with zero attached hydrogens (tertiary/aromatic N) is 1. The second-order valence-corrected chi connectivity index (χ2v) is 5.96. The first-order valence-electron chi connectivity index (χ1n) is 6.82. The smallest absolute Gasteiger partial charge is 0.238 e. The Morgan fingerprint density at radius 1 is 1.25 bits per heavy atom. The Hall–Kier alpha value is -1.61. The highest BCUT2D eigenvalue weighted by Crippen LogP contribution is 2.41. The van der Waals surface area contributed by atoms with Gasteiger partial charge in [-0.05, 0) is 37.0 Å². The molecule has 3 rings (SSSR count). The Morgan fingerprint density at radius 3 is 2.70 bits per heavy atom. The van der Waals surface area contributed by atoms with Crippen LogP contribution in [0.4, 0.5) is 5.69 Å².